The van der Waals surface area contributed by atoms with Crippen molar-refractivity contribution in [1.29, 1.82) is 0 Å². The van der Waals surface area contributed by atoms with Gasteiger partial charge in [-0.2, -0.15) is 0 Å². The molecule has 5 rings (SSSR count). The summed E-state index contributed by atoms with van der Waals surface area (Å²) in [6.45, 7) is 3.81. The Morgan fingerprint density at radius 1 is 1.12 bits per heavy atom. The van der Waals surface area contributed by atoms with E-state index >= 15 is 0 Å². The molecule has 3 heterocycles. The molecule has 1 saturated carbocycles. The van der Waals surface area contributed by atoms with Crippen LogP contribution in [-0.4, -0.2) is 52.5 Å². The number of amides is 3. The van der Waals surface area contributed by atoms with E-state index in [1.54, 1.807) is 17.0 Å². The Kier molecular flexibility index (Phi) is 5.85. The fourth-order valence-electron chi connectivity index (χ4n) is 6.05. The quantitative estimate of drug-likeness (QED) is 0.588. The molecule has 176 valence electrons. The summed E-state index contributed by atoms with van der Waals surface area (Å²) in [5.74, 6) is -2.02. The van der Waals surface area contributed by atoms with Crippen molar-refractivity contribution in [3.63, 3.8) is 0 Å². The second-order valence-corrected chi connectivity index (χ2v) is 10.8. The highest BCUT2D eigenvalue weighted by Crippen LogP contribution is 2.55. The predicted molar refractivity (Wildman–Crippen MR) is 127 cm³/mol. The topological polar surface area (TPSA) is 87.7 Å². The highest BCUT2D eigenvalue weighted by molar-refractivity contribution is 9.10. The van der Waals surface area contributed by atoms with E-state index in [9.17, 15) is 14.4 Å². The number of rotatable bonds is 5. The van der Waals surface area contributed by atoms with Crippen molar-refractivity contribution >= 4 is 39.3 Å². The van der Waals surface area contributed by atoms with E-state index in [-0.39, 0.29) is 29.8 Å². The maximum atomic E-state index is 13.7. The maximum Gasteiger partial charge on any atom is 0.246 e. The third-order valence-electron chi connectivity index (χ3n) is 7.48. The first-order valence-electron chi connectivity index (χ1n) is 11.9. The van der Waals surface area contributed by atoms with Gasteiger partial charge in [-0.25, -0.2) is 0 Å². The molecule has 0 aromatic heterocycles. The van der Waals surface area contributed by atoms with Crippen LogP contribution in [0.5, 0.6) is 0 Å². The number of benzene rings is 1. The van der Waals surface area contributed by atoms with Crippen LogP contribution in [0.15, 0.2) is 40.9 Å². The Balaban J connectivity index is 1.43. The van der Waals surface area contributed by atoms with Gasteiger partial charge in [0.15, 0.2) is 0 Å². The van der Waals surface area contributed by atoms with E-state index in [0.29, 0.717) is 5.69 Å². The third-order valence-corrected chi connectivity index (χ3v) is 8.01. The van der Waals surface area contributed by atoms with Crippen molar-refractivity contribution in [3.8, 4) is 0 Å². The monoisotopic (exact) mass is 515 g/mol. The van der Waals surface area contributed by atoms with Gasteiger partial charge >= 0.3 is 0 Å². The van der Waals surface area contributed by atoms with Crippen LogP contribution in [0.1, 0.15) is 46.0 Å². The molecule has 3 fully saturated rings. The molecule has 0 radical (unpaired) electrons. The summed E-state index contributed by atoms with van der Waals surface area (Å²) in [6.07, 6.45) is 8.51. The van der Waals surface area contributed by atoms with Gasteiger partial charge in [-0.05, 0) is 51.0 Å². The second kappa shape index (κ2) is 8.55. The molecule has 2 N–H and O–H groups in total. The van der Waals surface area contributed by atoms with E-state index in [1.807, 2.05) is 38.1 Å². The lowest BCUT2D eigenvalue weighted by molar-refractivity contribution is -0.143. The van der Waals surface area contributed by atoms with Gasteiger partial charge in [0.2, 0.25) is 17.7 Å². The number of carbonyl (C=O) groups is 3. The Morgan fingerprint density at radius 2 is 1.82 bits per heavy atom. The summed E-state index contributed by atoms with van der Waals surface area (Å²) in [4.78, 5) is 42.2. The van der Waals surface area contributed by atoms with E-state index in [0.717, 1.165) is 30.2 Å². The molecule has 8 heteroatoms. The first kappa shape index (κ1) is 22.6. The average Bonchev–Trinajstić information content (AvgIpc) is 3.43. The molecule has 5 atom stereocenters. The lowest BCUT2D eigenvalue weighted by Gasteiger charge is -2.35. The smallest absolute Gasteiger partial charge is 0.246 e. The molecule has 4 aliphatic rings. The fraction of sp³-hybridized carbons (Fsp3) is 0.560. The molecule has 2 saturated heterocycles. The minimum Gasteiger partial charge on any atom is -0.359 e. The number of nitrogens with one attached hydrogen (secondary N) is 2. The van der Waals surface area contributed by atoms with Crippen molar-refractivity contribution < 1.29 is 19.1 Å². The van der Waals surface area contributed by atoms with E-state index in [2.05, 4.69) is 26.6 Å². The van der Waals surface area contributed by atoms with Crippen LogP contribution in [0.25, 0.3) is 0 Å². The summed E-state index contributed by atoms with van der Waals surface area (Å²) in [5, 5.41) is 6.13. The van der Waals surface area contributed by atoms with Crippen LogP contribution in [0.2, 0.25) is 0 Å². The zero-order valence-corrected chi connectivity index (χ0v) is 20.5. The standard InChI is InChI=1S/C25H30BrN3O4/c1-14(2)29-21(23(31)28-16-6-4-3-5-7-16)25-13-12-18(33-25)19(20(25)24(29)32)22(30)27-17-10-8-15(26)9-11-17/h8-14,16,18-21H,3-7H2,1-2H3,(H,27,30)(H,28,31)/t18-,19+,20-,21+,25+/m1/s1. The number of ether oxygens (including phenoxy) is 1. The number of fused-ring (bicyclic) bond motifs is 1. The van der Waals surface area contributed by atoms with Crippen molar-refractivity contribution in [2.24, 2.45) is 11.8 Å². The van der Waals surface area contributed by atoms with Gasteiger partial charge in [0.1, 0.15) is 11.6 Å². The number of hydrogen-bond acceptors (Lipinski definition) is 4. The van der Waals surface area contributed by atoms with Gasteiger partial charge in [-0.3, -0.25) is 14.4 Å². The van der Waals surface area contributed by atoms with Gasteiger partial charge in [-0.1, -0.05) is 47.3 Å². The van der Waals surface area contributed by atoms with Gasteiger partial charge in [0, 0.05) is 22.2 Å². The van der Waals surface area contributed by atoms with E-state index < -0.39 is 29.6 Å². The average molecular weight is 516 g/mol. The molecule has 7 nitrogen and oxygen atoms in total. The molecule has 0 unspecified atom stereocenters. The molecule has 33 heavy (non-hydrogen) atoms. The molecular formula is C25H30BrN3O4. The van der Waals surface area contributed by atoms with Crippen LogP contribution in [-0.2, 0) is 19.1 Å². The minimum atomic E-state index is -1.10. The molecule has 1 aromatic carbocycles. The summed E-state index contributed by atoms with van der Waals surface area (Å²) in [6, 6.07) is 6.47. The molecule has 3 aliphatic heterocycles. The number of anilines is 1. The largest absolute Gasteiger partial charge is 0.359 e. The van der Waals surface area contributed by atoms with E-state index in [4.69, 9.17) is 4.74 Å². The Bertz CT molecular complexity index is 988. The first-order valence-corrected chi connectivity index (χ1v) is 12.7. The van der Waals surface area contributed by atoms with Crippen molar-refractivity contribution in [1.82, 2.24) is 10.2 Å². The van der Waals surface area contributed by atoms with Crippen LogP contribution < -0.4 is 10.6 Å². The van der Waals surface area contributed by atoms with Crippen molar-refractivity contribution in [2.45, 2.75) is 75.8 Å². The number of likely N-dealkylation sites (tertiary alicyclic amines) is 1. The van der Waals surface area contributed by atoms with Gasteiger partial charge in [-0.15, -0.1) is 0 Å². The van der Waals surface area contributed by atoms with Crippen molar-refractivity contribution in [2.75, 3.05) is 5.32 Å². The van der Waals surface area contributed by atoms with Gasteiger partial charge < -0.3 is 20.3 Å². The number of nitrogens with zero attached hydrogens (tertiary/aromatic N) is 1. The minimum absolute atomic E-state index is 0.130. The normalized spacial score (nSPS) is 33.0. The molecule has 3 amide bonds. The SMILES string of the molecule is CC(C)N1C(=O)[C@H]2[C@@H](C(=O)Nc3ccc(Br)cc3)[C@H]3C=C[C@@]2(O3)[C@@H]1C(=O)NC1CCCCC1. The summed E-state index contributed by atoms with van der Waals surface area (Å²) >= 11 is 3.39. The molecular weight excluding hydrogens is 486 g/mol. The molecule has 1 aromatic rings. The van der Waals surface area contributed by atoms with Crippen molar-refractivity contribution in [3.05, 3.63) is 40.9 Å². The highest BCUT2D eigenvalue weighted by Gasteiger charge is 2.73. The summed E-state index contributed by atoms with van der Waals surface area (Å²) in [7, 11) is 0. The maximum absolute atomic E-state index is 13.7. The molecule has 2 bridgehead atoms. The zero-order chi connectivity index (χ0) is 23.3. The van der Waals surface area contributed by atoms with Crippen LogP contribution in [0, 0.1) is 11.8 Å². The third kappa shape index (κ3) is 3.71. The summed E-state index contributed by atoms with van der Waals surface area (Å²) in [5.41, 5.74) is -0.450. The lowest BCUT2D eigenvalue weighted by atomic mass is 9.74. The predicted octanol–water partition coefficient (Wildman–Crippen LogP) is 3.40. The van der Waals surface area contributed by atoms with Crippen LogP contribution in [0.3, 0.4) is 0 Å². The second-order valence-electron chi connectivity index (χ2n) is 9.88. The Hall–Kier alpha value is -2.19. The Labute approximate surface area is 202 Å². The Morgan fingerprint density at radius 3 is 2.48 bits per heavy atom. The number of carbonyl (C=O) groups excluding carboxylic acids is 3. The molecule has 1 aliphatic carbocycles. The van der Waals surface area contributed by atoms with E-state index in [1.165, 1.54) is 6.42 Å². The zero-order valence-electron chi connectivity index (χ0n) is 18.9. The van der Waals surface area contributed by atoms with Gasteiger partial charge in [0.05, 0.1) is 17.9 Å². The highest BCUT2D eigenvalue weighted by atomic mass is 79.9. The van der Waals surface area contributed by atoms with Gasteiger partial charge in [0.25, 0.3) is 0 Å². The van der Waals surface area contributed by atoms with Crippen LogP contribution in [0.4, 0.5) is 5.69 Å². The number of hydrogen-bond donors (Lipinski definition) is 2. The molecule has 1 spiro atoms. The van der Waals surface area contributed by atoms with Crippen LogP contribution >= 0.6 is 15.9 Å². The fourth-order valence-corrected chi connectivity index (χ4v) is 6.31. The number of halogens is 1. The first-order chi connectivity index (χ1) is 15.8. The summed E-state index contributed by atoms with van der Waals surface area (Å²) < 4.78 is 7.26. The lowest BCUT2D eigenvalue weighted by Crippen LogP contribution is -2.57.